The van der Waals surface area contributed by atoms with Crippen molar-refractivity contribution in [1.29, 1.82) is 0 Å². The average molecular weight is 448 g/mol. The third kappa shape index (κ3) is 4.30. The number of carbonyl (C=O) groups is 1. The Kier molecular flexibility index (Phi) is 5.92. The van der Waals surface area contributed by atoms with Crippen molar-refractivity contribution in [3.8, 4) is 5.75 Å². The van der Waals surface area contributed by atoms with Gasteiger partial charge in [0.1, 0.15) is 0 Å². The SMILES string of the molecule is CC(=O)Nc1c(Br)cc(C(F)(C(F)(F)F)C(F)(F)F)cc1OC(F)F. The average Bonchev–Trinajstić information content (AvgIpc) is 2.37. The summed E-state index contributed by atoms with van der Waals surface area (Å²) in [5.41, 5.74) is -8.59. The van der Waals surface area contributed by atoms with E-state index in [9.17, 15) is 44.3 Å². The van der Waals surface area contributed by atoms with E-state index in [0.717, 1.165) is 6.92 Å². The predicted octanol–water partition coefficient (Wildman–Crippen LogP) is 5.30. The standard InChI is InChI=1S/C12H7BrF9NO2/c1-4(24)23-8-6(13)2-5(3-7(8)25-9(14)15)10(16,11(17,18)19)12(20,21)22/h2-3,9H,1H3,(H,23,24). The molecule has 1 rings (SSSR count). The van der Waals surface area contributed by atoms with Crippen molar-refractivity contribution in [2.45, 2.75) is 31.6 Å². The molecule has 0 unspecified atom stereocenters. The first-order valence-electron chi connectivity index (χ1n) is 6.00. The number of anilines is 1. The lowest BCUT2D eigenvalue weighted by Crippen LogP contribution is -2.50. The lowest BCUT2D eigenvalue weighted by atomic mass is 9.93. The van der Waals surface area contributed by atoms with Gasteiger partial charge in [0, 0.05) is 17.0 Å². The summed E-state index contributed by atoms with van der Waals surface area (Å²) >= 11 is 2.50. The lowest BCUT2D eigenvalue weighted by molar-refractivity contribution is -0.348. The number of alkyl halides is 9. The Morgan fingerprint density at radius 2 is 1.56 bits per heavy atom. The first-order valence-corrected chi connectivity index (χ1v) is 6.79. The van der Waals surface area contributed by atoms with Crippen LogP contribution in [-0.2, 0) is 10.5 Å². The van der Waals surface area contributed by atoms with E-state index >= 15 is 0 Å². The monoisotopic (exact) mass is 447 g/mol. The highest BCUT2D eigenvalue weighted by Crippen LogP contribution is 2.55. The molecule has 0 bridgehead atoms. The second kappa shape index (κ2) is 6.92. The molecule has 0 radical (unpaired) electrons. The summed E-state index contributed by atoms with van der Waals surface area (Å²) in [6.45, 7) is -2.78. The molecule has 1 amide bonds. The Morgan fingerprint density at radius 1 is 1.08 bits per heavy atom. The number of halogens is 10. The van der Waals surface area contributed by atoms with Gasteiger partial charge in [0.2, 0.25) is 5.91 Å². The molecule has 0 aliphatic heterocycles. The molecule has 1 aromatic rings. The summed E-state index contributed by atoms with van der Waals surface area (Å²) < 4.78 is 118. The minimum atomic E-state index is -6.44. The van der Waals surface area contributed by atoms with Gasteiger partial charge in [0.15, 0.2) is 5.75 Å². The van der Waals surface area contributed by atoms with Gasteiger partial charge in [-0.25, -0.2) is 4.39 Å². The molecule has 0 spiro atoms. The van der Waals surface area contributed by atoms with Crippen LogP contribution in [0.15, 0.2) is 16.6 Å². The van der Waals surface area contributed by atoms with Crippen molar-refractivity contribution >= 4 is 27.5 Å². The molecule has 0 fully saturated rings. The van der Waals surface area contributed by atoms with Crippen molar-refractivity contribution in [2.75, 3.05) is 5.32 Å². The summed E-state index contributed by atoms with van der Waals surface area (Å²) in [7, 11) is 0. The molecular formula is C12H7BrF9NO2. The maximum Gasteiger partial charge on any atom is 0.435 e. The normalized spacial score (nSPS) is 13.1. The largest absolute Gasteiger partial charge is 0.435 e. The zero-order chi connectivity index (χ0) is 19.8. The predicted molar refractivity (Wildman–Crippen MR) is 70.0 cm³/mol. The first-order chi connectivity index (χ1) is 11.1. The minimum Gasteiger partial charge on any atom is -0.433 e. The van der Waals surface area contributed by atoms with Crippen LogP contribution in [0.2, 0.25) is 0 Å². The fourth-order valence-electron chi connectivity index (χ4n) is 1.75. The summed E-state index contributed by atoms with van der Waals surface area (Å²) in [5.74, 6) is -2.18. The molecule has 1 N–H and O–H groups in total. The number of amides is 1. The van der Waals surface area contributed by atoms with Gasteiger partial charge in [-0.1, -0.05) is 0 Å². The van der Waals surface area contributed by atoms with Crippen LogP contribution in [-0.4, -0.2) is 24.9 Å². The summed E-state index contributed by atoms with van der Waals surface area (Å²) in [4.78, 5) is 11.0. The third-order valence-corrected chi connectivity index (χ3v) is 3.38. The highest BCUT2D eigenvalue weighted by Gasteiger charge is 2.73. The number of benzene rings is 1. The summed E-state index contributed by atoms with van der Waals surface area (Å²) in [6, 6.07) is -0.145. The fourth-order valence-corrected chi connectivity index (χ4v) is 2.30. The topological polar surface area (TPSA) is 38.3 Å². The van der Waals surface area contributed by atoms with Crippen molar-refractivity contribution in [1.82, 2.24) is 0 Å². The second-order valence-corrected chi connectivity index (χ2v) is 5.40. The highest BCUT2D eigenvalue weighted by atomic mass is 79.9. The Bertz CT molecular complexity index is 643. The van der Waals surface area contributed by atoms with E-state index in [1.165, 1.54) is 0 Å². The van der Waals surface area contributed by atoms with Crippen LogP contribution < -0.4 is 10.1 Å². The van der Waals surface area contributed by atoms with Crippen LogP contribution in [0.1, 0.15) is 12.5 Å². The number of carbonyl (C=O) groups excluding carboxylic acids is 1. The summed E-state index contributed by atoms with van der Waals surface area (Å²) in [6.07, 6.45) is -12.9. The van der Waals surface area contributed by atoms with Gasteiger partial charge in [-0.2, -0.15) is 35.1 Å². The van der Waals surface area contributed by atoms with Crippen molar-refractivity contribution in [3.05, 3.63) is 22.2 Å². The van der Waals surface area contributed by atoms with Crippen LogP contribution in [0.25, 0.3) is 0 Å². The van der Waals surface area contributed by atoms with Crippen LogP contribution >= 0.6 is 15.9 Å². The lowest BCUT2D eigenvalue weighted by Gasteiger charge is -2.31. The molecular weight excluding hydrogens is 441 g/mol. The second-order valence-electron chi connectivity index (χ2n) is 4.54. The molecule has 0 heterocycles. The first kappa shape index (κ1) is 21.4. The number of hydrogen-bond donors (Lipinski definition) is 1. The molecule has 0 saturated carbocycles. The number of nitrogens with one attached hydrogen (secondary N) is 1. The molecule has 0 aliphatic carbocycles. The van der Waals surface area contributed by atoms with Gasteiger partial charge in [-0.05, 0) is 28.1 Å². The Morgan fingerprint density at radius 3 is 1.92 bits per heavy atom. The number of rotatable bonds is 4. The van der Waals surface area contributed by atoms with Crippen molar-refractivity contribution < 1.29 is 49.0 Å². The van der Waals surface area contributed by atoms with Gasteiger partial charge in [-0.3, -0.25) is 4.79 Å². The van der Waals surface area contributed by atoms with Crippen molar-refractivity contribution in [2.24, 2.45) is 0 Å². The molecule has 0 atom stereocenters. The molecule has 0 saturated heterocycles. The Hall–Kier alpha value is -1.66. The molecule has 0 aliphatic rings. The zero-order valence-corrected chi connectivity index (χ0v) is 13.4. The van der Waals surface area contributed by atoms with E-state index in [4.69, 9.17) is 0 Å². The maximum atomic E-state index is 14.0. The van der Waals surface area contributed by atoms with E-state index in [0.29, 0.717) is 0 Å². The Balaban J connectivity index is 3.71. The molecule has 13 heteroatoms. The maximum absolute atomic E-state index is 14.0. The minimum absolute atomic E-state index is 0.0601. The van der Waals surface area contributed by atoms with E-state index in [2.05, 4.69) is 20.7 Å². The van der Waals surface area contributed by atoms with Crippen LogP contribution in [0.5, 0.6) is 5.75 Å². The van der Waals surface area contributed by atoms with Gasteiger partial charge >= 0.3 is 24.6 Å². The van der Waals surface area contributed by atoms with Gasteiger partial charge < -0.3 is 10.1 Å². The van der Waals surface area contributed by atoms with E-state index in [1.54, 1.807) is 0 Å². The van der Waals surface area contributed by atoms with Crippen LogP contribution in [0.4, 0.5) is 45.2 Å². The molecule has 0 aromatic heterocycles. The molecule has 3 nitrogen and oxygen atoms in total. The van der Waals surface area contributed by atoms with Crippen LogP contribution in [0.3, 0.4) is 0 Å². The third-order valence-electron chi connectivity index (χ3n) is 2.75. The number of hydrogen-bond acceptors (Lipinski definition) is 2. The Labute approximate surface area is 142 Å². The van der Waals surface area contributed by atoms with Crippen molar-refractivity contribution in [3.63, 3.8) is 0 Å². The smallest absolute Gasteiger partial charge is 0.433 e. The van der Waals surface area contributed by atoms with E-state index in [-0.39, 0.29) is 12.1 Å². The molecule has 1 aromatic carbocycles. The quantitative estimate of drug-likeness (QED) is 0.636. The fraction of sp³-hybridized carbons (Fsp3) is 0.417. The van der Waals surface area contributed by atoms with Gasteiger partial charge in [-0.15, -0.1) is 0 Å². The van der Waals surface area contributed by atoms with E-state index in [1.807, 2.05) is 5.32 Å². The highest BCUT2D eigenvalue weighted by molar-refractivity contribution is 9.10. The summed E-state index contributed by atoms with van der Waals surface area (Å²) in [5, 5.41) is 1.87. The molecule has 25 heavy (non-hydrogen) atoms. The van der Waals surface area contributed by atoms with E-state index < -0.39 is 52.0 Å². The van der Waals surface area contributed by atoms with Gasteiger partial charge in [0.25, 0.3) is 0 Å². The number of ether oxygens (including phenoxy) is 1. The molecule has 142 valence electrons. The zero-order valence-electron chi connectivity index (χ0n) is 11.8. The van der Waals surface area contributed by atoms with Crippen LogP contribution in [0, 0.1) is 0 Å². The van der Waals surface area contributed by atoms with Gasteiger partial charge in [0.05, 0.1) is 5.69 Å².